The van der Waals surface area contributed by atoms with Crippen molar-refractivity contribution < 1.29 is 4.79 Å². The number of rotatable bonds is 1. The number of hydrogen-bond donors (Lipinski definition) is 1. The number of benzene rings is 1. The van der Waals surface area contributed by atoms with Crippen LogP contribution in [0, 0.1) is 12.3 Å². The molecular weight excluding hydrogens is 340 g/mol. The van der Waals surface area contributed by atoms with Crippen LogP contribution < -0.4 is 5.32 Å². The molecule has 2 saturated heterocycles. The highest BCUT2D eigenvalue weighted by Crippen LogP contribution is 2.36. The second-order valence-corrected chi connectivity index (χ2v) is 6.72. The van der Waals surface area contributed by atoms with E-state index in [1.54, 1.807) is 0 Å². The third-order valence-corrected chi connectivity index (χ3v) is 5.33. The Hall–Kier alpha value is -0.580. The van der Waals surface area contributed by atoms with E-state index < -0.39 is 0 Å². The van der Waals surface area contributed by atoms with Gasteiger partial charge in [-0.15, -0.1) is 12.4 Å². The molecule has 3 rings (SSSR count). The third kappa shape index (κ3) is 2.87. The molecule has 0 aromatic heterocycles. The summed E-state index contributed by atoms with van der Waals surface area (Å²) in [7, 11) is 0. The summed E-state index contributed by atoms with van der Waals surface area (Å²) < 4.78 is 1.01. The van der Waals surface area contributed by atoms with Gasteiger partial charge in [-0.3, -0.25) is 4.79 Å². The molecule has 0 bridgehead atoms. The normalized spacial score (nSPS) is 25.0. The van der Waals surface area contributed by atoms with Crippen molar-refractivity contribution in [2.75, 3.05) is 26.2 Å². The van der Waals surface area contributed by atoms with Gasteiger partial charge in [-0.05, 0) is 44.0 Å². The Labute approximate surface area is 134 Å². The first-order chi connectivity index (χ1) is 9.10. The summed E-state index contributed by atoms with van der Waals surface area (Å²) in [6, 6.07) is 5.87. The summed E-state index contributed by atoms with van der Waals surface area (Å²) in [4.78, 5) is 14.6. The van der Waals surface area contributed by atoms with Crippen LogP contribution in [0.1, 0.15) is 28.8 Å². The second-order valence-electron chi connectivity index (χ2n) is 5.87. The van der Waals surface area contributed by atoms with Gasteiger partial charge in [-0.25, -0.2) is 0 Å². The quantitative estimate of drug-likeness (QED) is 0.836. The Morgan fingerprint density at radius 2 is 2.20 bits per heavy atom. The van der Waals surface area contributed by atoms with Crippen molar-refractivity contribution >= 4 is 34.2 Å². The van der Waals surface area contributed by atoms with Crippen molar-refractivity contribution in [3.05, 3.63) is 33.8 Å². The van der Waals surface area contributed by atoms with Crippen LogP contribution in [0.25, 0.3) is 0 Å². The highest BCUT2D eigenvalue weighted by Gasteiger charge is 2.41. The summed E-state index contributed by atoms with van der Waals surface area (Å²) in [5, 5.41) is 3.43. The fraction of sp³-hybridized carbons (Fsp3) is 0.533. The molecule has 5 heteroatoms. The van der Waals surface area contributed by atoms with Crippen molar-refractivity contribution in [3.63, 3.8) is 0 Å². The van der Waals surface area contributed by atoms with E-state index in [0.29, 0.717) is 5.41 Å². The first-order valence-electron chi connectivity index (χ1n) is 6.86. The third-order valence-electron chi connectivity index (χ3n) is 4.48. The number of halogens is 2. The van der Waals surface area contributed by atoms with Gasteiger partial charge in [0.25, 0.3) is 5.91 Å². The fourth-order valence-corrected chi connectivity index (χ4v) is 3.54. The van der Waals surface area contributed by atoms with E-state index in [2.05, 4.69) is 21.2 Å². The van der Waals surface area contributed by atoms with Crippen molar-refractivity contribution in [1.82, 2.24) is 10.2 Å². The molecule has 1 N–H and O–H groups in total. The van der Waals surface area contributed by atoms with E-state index in [4.69, 9.17) is 0 Å². The maximum Gasteiger partial charge on any atom is 0.253 e. The molecule has 1 spiro atoms. The van der Waals surface area contributed by atoms with E-state index in [9.17, 15) is 4.79 Å². The SMILES string of the molecule is Cc1ccc(C(=O)N2CCC3(CCNC3)C2)cc1Br.Cl. The standard InChI is InChI=1S/C15H19BrN2O.ClH/c1-11-2-3-12(8-13(11)16)14(19)18-7-5-15(10-18)4-6-17-9-15;/h2-3,8,17H,4-7,9-10H2,1H3;1H. The monoisotopic (exact) mass is 358 g/mol. The minimum absolute atomic E-state index is 0. The molecule has 20 heavy (non-hydrogen) atoms. The first-order valence-corrected chi connectivity index (χ1v) is 7.65. The Morgan fingerprint density at radius 3 is 2.85 bits per heavy atom. The van der Waals surface area contributed by atoms with E-state index >= 15 is 0 Å². The Kier molecular flexibility index (Phi) is 4.77. The van der Waals surface area contributed by atoms with Crippen molar-refractivity contribution in [3.8, 4) is 0 Å². The zero-order chi connectivity index (χ0) is 13.5. The average molecular weight is 360 g/mol. The highest BCUT2D eigenvalue weighted by molar-refractivity contribution is 9.10. The molecule has 2 aliphatic heterocycles. The Balaban J connectivity index is 0.00000147. The van der Waals surface area contributed by atoms with Crippen molar-refractivity contribution in [2.45, 2.75) is 19.8 Å². The lowest BCUT2D eigenvalue weighted by atomic mass is 9.86. The van der Waals surface area contributed by atoms with Crippen LogP contribution in [0.15, 0.2) is 22.7 Å². The molecule has 0 saturated carbocycles. The lowest BCUT2D eigenvalue weighted by Crippen LogP contribution is -2.33. The highest BCUT2D eigenvalue weighted by atomic mass is 79.9. The number of nitrogens with one attached hydrogen (secondary N) is 1. The van der Waals surface area contributed by atoms with Crippen LogP contribution in [0.5, 0.6) is 0 Å². The van der Waals surface area contributed by atoms with Gasteiger partial charge < -0.3 is 10.2 Å². The predicted molar refractivity (Wildman–Crippen MR) is 86.6 cm³/mol. The minimum atomic E-state index is 0. The molecule has 3 nitrogen and oxygen atoms in total. The predicted octanol–water partition coefficient (Wildman–Crippen LogP) is 3.00. The van der Waals surface area contributed by atoms with E-state index in [-0.39, 0.29) is 18.3 Å². The molecule has 110 valence electrons. The smallest absolute Gasteiger partial charge is 0.253 e. The summed E-state index contributed by atoms with van der Waals surface area (Å²) in [5.41, 5.74) is 2.30. The summed E-state index contributed by atoms with van der Waals surface area (Å²) >= 11 is 3.50. The zero-order valence-corrected chi connectivity index (χ0v) is 14.0. The minimum Gasteiger partial charge on any atom is -0.338 e. The number of likely N-dealkylation sites (tertiary alicyclic amines) is 1. The first kappa shape index (κ1) is 15.8. The lowest BCUT2D eigenvalue weighted by molar-refractivity contribution is 0.0775. The topological polar surface area (TPSA) is 32.3 Å². The molecular formula is C15H20BrClN2O. The Morgan fingerprint density at radius 1 is 1.40 bits per heavy atom. The van der Waals surface area contributed by atoms with Crippen LogP contribution in [0.4, 0.5) is 0 Å². The average Bonchev–Trinajstić information content (AvgIpc) is 3.03. The number of amides is 1. The number of hydrogen-bond acceptors (Lipinski definition) is 2. The summed E-state index contributed by atoms with van der Waals surface area (Å²) in [6.45, 7) is 6.00. The molecule has 2 fully saturated rings. The molecule has 1 aromatic rings. The largest absolute Gasteiger partial charge is 0.338 e. The van der Waals surface area contributed by atoms with E-state index in [1.165, 1.54) is 6.42 Å². The van der Waals surface area contributed by atoms with Crippen LogP contribution in [-0.4, -0.2) is 37.0 Å². The van der Waals surface area contributed by atoms with Crippen LogP contribution in [-0.2, 0) is 0 Å². The molecule has 1 aromatic carbocycles. The van der Waals surface area contributed by atoms with Gasteiger partial charge in [-0.1, -0.05) is 22.0 Å². The van der Waals surface area contributed by atoms with Gasteiger partial charge in [0.05, 0.1) is 0 Å². The number of carbonyl (C=O) groups is 1. The zero-order valence-electron chi connectivity index (χ0n) is 11.6. The molecule has 2 aliphatic rings. The fourth-order valence-electron chi connectivity index (χ4n) is 3.16. The van der Waals surface area contributed by atoms with Crippen molar-refractivity contribution in [1.29, 1.82) is 0 Å². The van der Waals surface area contributed by atoms with Gasteiger partial charge >= 0.3 is 0 Å². The molecule has 2 heterocycles. The van der Waals surface area contributed by atoms with Gasteiger partial charge in [0.1, 0.15) is 0 Å². The number of aryl methyl sites for hydroxylation is 1. The molecule has 0 radical (unpaired) electrons. The van der Waals surface area contributed by atoms with Gasteiger partial charge in [0.2, 0.25) is 0 Å². The lowest BCUT2D eigenvalue weighted by Gasteiger charge is -2.23. The van der Waals surface area contributed by atoms with Gasteiger partial charge in [0.15, 0.2) is 0 Å². The molecule has 1 atom stereocenters. The Bertz CT molecular complexity index is 515. The van der Waals surface area contributed by atoms with E-state index in [0.717, 1.165) is 48.2 Å². The van der Waals surface area contributed by atoms with Crippen LogP contribution in [0.2, 0.25) is 0 Å². The second kappa shape index (κ2) is 6.04. The van der Waals surface area contributed by atoms with Crippen LogP contribution in [0.3, 0.4) is 0 Å². The number of carbonyl (C=O) groups excluding carboxylic acids is 1. The maximum absolute atomic E-state index is 12.5. The molecule has 1 unspecified atom stereocenters. The molecule has 1 amide bonds. The van der Waals surface area contributed by atoms with Crippen molar-refractivity contribution in [2.24, 2.45) is 5.41 Å². The summed E-state index contributed by atoms with van der Waals surface area (Å²) in [6.07, 6.45) is 2.34. The molecule has 0 aliphatic carbocycles. The number of nitrogens with zero attached hydrogens (tertiary/aromatic N) is 1. The summed E-state index contributed by atoms with van der Waals surface area (Å²) in [5.74, 6) is 0.171. The van der Waals surface area contributed by atoms with Gasteiger partial charge in [0, 0.05) is 35.1 Å². The maximum atomic E-state index is 12.5. The van der Waals surface area contributed by atoms with Crippen LogP contribution >= 0.6 is 28.3 Å². The van der Waals surface area contributed by atoms with E-state index in [1.807, 2.05) is 30.0 Å². The van der Waals surface area contributed by atoms with Gasteiger partial charge in [-0.2, -0.15) is 0 Å².